The van der Waals surface area contributed by atoms with Crippen molar-refractivity contribution in [2.24, 2.45) is 5.73 Å². The molecule has 21 heavy (non-hydrogen) atoms. The number of aryl methyl sites for hydroxylation is 1. The molecule has 4 heteroatoms. The molecule has 0 radical (unpaired) electrons. The van der Waals surface area contributed by atoms with Crippen molar-refractivity contribution < 1.29 is 13.9 Å². The Balaban J connectivity index is 1.69. The van der Waals surface area contributed by atoms with E-state index in [1.54, 1.807) is 12.1 Å². The van der Waals surface area contributed by atoms with Crippen LogP contribution in [-0.4, -0.2) is 7.11 Å². The summed E-state index contributed by atoms with van der Waals surface area (Å²) in [5.41, 5.74) is 9.24. The first-order valence-electron chi connectivity index (χ1n) is 7.01. The van der Waals surface area contributed by atoms with Gasteiger partial charge in [0, 0.05) is 6.04 Å². The van der Waals surface area contributed by atoms with Crippen LogP contribution in [-0.2, 0) is 13.0 Å². The first kappa shape index (κ1) is 13.9. The molecular weight excluding hydrogens is 269 g/mol. The second kappa shape index (κ2) is 5.74. The number of nitrogens with two attached hydrogens (primary N) is 1. The Labute approximate surface area is 123 Å². The van der Waals surface area contributed by atoms with Crippen LogP contribution < -0.4 is 15.2 Å². The number of hydrogen-bond donors (Lipinski definition) is 1. The van der Waals surface area contributed by atoms with E-state index < -0.39 is 0 Å². The van der Waals surface area contributed by atoms with Crippen LogP contribution in [0.3, 0.4) is 0 Å². The quantitative estimate of drug-likeness (QED) is 0.937. The molecule has 0 unspecified atom stereocenters. The number of fused-ring (bicyclic) bond motifs is 1. The van der Waals surface area contributed by atoms with E-state index in [4.69, 9.17) is 15.2 Å². The van der Waals surface area contributed by atoms with E-state index in [1.165, 1.54) is 24.3 Å². The molecule has 0 fully saturated rings. The predicted molar refractivity (Wildman–Crippen MR) is 79.0 cm³/mol. The third kappa shape index (κ3) is 2.85. The van der Waals surface area contributed by atoms with Crippen molar-refractivity contribution >= 4 is 0 Å². The van der Waals surface area contributed by atoms with Crippen molar-refractivity contribution in [1.82, 2.24) is 0 Å². The molecule has 0 heterocycles. The highest BCUT2D eigenvalue weighted by molar-refractivity contribution is 5.40. The molecule has 0 bridgehead atoms. The zero-order chi connectivity index (χ0) is 14.8. The molecule has 3 nitrogen and oxygen atoms in total. The SMILES string of the molecule is COc1ccc(COc2ccc3c(c2)CC[C@H]3N)cc1F. The minimum atomic E-state index is -0.376. The van der Waals surface area contributed by atoms with Gasteiger partial charge >= 0.3 is 0 Å². The van der Waals surface area contributed by atoms with Gasteiger partial charge in [-0.15, -0.1) is 0 Å². The fraction of sp³-hybridized carbons (Fsp3) is 0.294. The molecule has 0 amide bonds. The lowest BCUT2D eigenvalue weighted by Gasteiger charge is -2.10. The average molecular weight is 287 g/mol. The van der Waals surface area contributed by atoms with Gasteiger partial charge in [-0.3, -0.25) is 0 Å². The van der Waals surface area contributed by atoms with Gasteiger partial charge in [-0.25, -0.2) is 4.39 Å². The molecule has 0 aromatic heterocycles. The summed E-state index contributed by atoms with van der Waals surface area (Å²) in [5, 5.41) is 0. The van der Waals surface area contributed by atoms with E-state index in [2.05, 4.69) is 0 Å². The lowest BCUT2D eigenvalue weighted by Crippen LogP contribution is -2.05. The molecule has 0 spiro atoms. The average Bonchev–Trinajstić information content (AvgIpc) is 2.86. The van der Waals surface area contributed by atoms with E-state index in [0.29, 0.717) is 6.61 Å². The summed E-state index contributed by atoms with van der Waals surface area (Å²) in [6.07, 6.45) is 1.98. The van der Waals surface area contributed by atoms with Crippen LogP contribution in [0.1, 0.15) is 29.2 Å². The first-order chi connectivity index (χ1) is 10.2. The lowest BCUT2D eigenvalue weighted by atomic mass is 10.1. The molecular formula is C17H18FNO2. The van der Waals surface area contributed by atoms with E-state index in [0.717, 1.165) is 24.2 Å². The van der Waals surface area contributed by atoms with Crippen molar-refractivity contribution in [2.75, 3.05) is 7.11 Å². The van der Waals surface area contributed by atoms with E-state index in [9.17, 15) is 4.39 Å². The van der Waals surface area contributed by atoms with Crippen molar-refractivity contribution in [3.63, 3.8) is 0 Å². The third-order valence-corrected chi connectivity index (χ3v) is 3.86. The van der Waals surface area contributed by atoms with Gasteiger partial charge < -0.3 is 15.2 Å². The number of hydrogen-bond acceptors (Lipinski definition) is 3. The van der Waals surface area contributed by atoms with Crippen LogP contribution >= 0.6 is 0 Å². The summed E-state index contributed by atoms with van der Waals surface area (Å²) in [4.78, 5) is 0. The second-order valence-corrected chi connectivity index (χ2v) is 5.26. The van der Waals surface area contributed by atoms with Crippen LogP contribution in [0, 0.1) is 5.82 Å². The number of halogens is 1. The molecule has 1 aliphatic rings. The molecule has 0 saturated heterocycles. The standard InChI is InChI=1S/C17H18FNO2/c1-20-17-7-2-11(8-15(17)18)10-21-13-4-5-14-12(9-13)3-6-16(14)19/h2,4-5,7-9,16H,3,6,10,19H2,1H3/t16-/m1/s1. The van der Waals surface area contributed by atoms with Crippen molar-refractivity contribution in [2.45, 2.75) is 25.5 Å². The van der Waals surface area contributed by atoms with Gasteiger partial charge in [-0.2, -0.15) is 0 Å². The number of rotatable bonds is 4. The fourth-order valence-electron chi connectivity index (χ4n) is 2.68. The summed E-state index contributed by atoms with van der Waals surface area (Å²) >= 11 is 0. The van der Waals surface area contributed by atoms with E-state index in [1.807, 2.05) is 18.2 Å². The van der Waals surface area contributed by atoms with Gasteiger partial charge in [-0.05, 0) is 53.8 Å². The Morgan fingerprint density at radius 3 is 2.86 bits per heavy atom. The minimum absolute atomic E-state index is 0.143. The molecule has 1 atom stereocenters. The Morgan fingerprint density at radius 1 is 1.24 bits per heavy atom. The summed E-state index contributed by atoms with van der Waals surface area (Å²) in [7, 11) is 1.45. The van der Waals surface area contributed by atoms with Gasteiger partial charge in [0.2, 0.25) is 0 Å². The molecule has 3 rings (SSSR count). The second-order valence-electron chi connectivity index (χ2n) is 5.26. The summed E-state index contributed by atoms with van der Waals surface area (Å²) in [6.45, 7) is 0.325. The predicted octanol–water partition coefficient (Wildman–Crippen LogP) is 3.36. The number of benzene rings is 2. The number of methoxy groups -OCH3 is 1. The summed E-state index contributed by atoms with van der Waals surface area (Å²) in [6, 6.07) is 11.0. The van der Waals surface area contributed by atoms with Gasteiger partial charge in [-0.1, -0.05) is 12.1 Å². The normalized spacial score (nSPS) is 16.6. The largest absolute Gasteiger partial charge is 0.494 e. The van der Waals surface area contributed by atoms with Gasteiger partial charge in [0.15, 0.2) is 11.6 Å². The Bertz CT molecular complexity index is 657. The molecule has 2 aromatic rings. The van der Waals surface area contributed by atoms with E-state index >= 15 is 0 Å². The van der Waals surface area contributed by atoms with Gasteiger partial charge in [0.1, 0.15) is 12.4 Å². The lowest BCUT2D eigenvalue weighted by molar-refractivity contribution is 0.304. The molecule has 2 N–H and O–H groups in total. The first-order valence-corrected chi connectivity index (χ1v) is 7.01. The minimum Gasteiger partial charge on any atom is -0.494 e. The van der Waals surface area contributed by atoms with Crippen LogP contribution in [0.15, 0.2) is 36.4 Å². The van der Waals surface area contributed by atoms with Crippen LogP contribution in [0.4, 0.5) is 4.39 Å². The zero-order valence-corrected chi connectivity index (χ0v) is 11.9. The highest BCUT2D eigenvalue weighted by Gasteiger charge is 2.19. The monoisotopic (exact) mass is 287 g/mol. The topological polar surface area (TPSA) is 44.5 Å². The highest BCUT2D eigenvalue weighted by atomic mass is 19.1. The van der Waals surface area contributed by atoms with Crippen molar-refractivity contribution in [1.29, 1.82) is 0 Å². The van der Waals surface area contributed by atoms with Gasteiger partial charge in [0.05, 0.1) is 7.11 Å². The molecule has 110 valence electrons. The fourth-order valence-corrected chi connectivity index (χ4v) is 2.68. The molecule has 1 aliphatic carbocycles. The summed E-state index contributed by atoms with van der Waals surface area (Å²) in [5.74, 6) is 0.655. The van der Waals surface area contributed by atoms with Crippen LogP contribution in [0.5, 0.6) is 11.5 Å². The van der Waals surface area contributed by atoms with Crippen LogP contribution in [0.2, 0.25) is 0 Å². The van der Waals surface area contributed by atoms with Gasteiger partial charge in [0.25, 0.3) is 0 Å². The third-order valence-electron chi connectivity index (χ3n) is 3.86. The van der Waals surface area contributed by atoms with Crippen molar-refractivity contribution in [3.8, 4) is 11.5 Å². The summed E-state index contributed by atoms with van der Waals surface area (Å²) < 4.78 is 24.2. The zero-order valence-electron chi connectivity index (χ0n) is 11.9. The highest BCUT2D eigenvalue weighted by Crippen LogP contribution is 2.32. The maximum absolute atomic E-state index is 13.6. The molecule has 0 aliphatic heterocycles. The Hall–Kier alpha value is -2.07. The Morgan fingerprint density at radius 2 is 2.10 bits per heavy atom. The Kier molecular flexibility index (Phi) is 3.80. The van der Waals surface area contributed by atoms with Crippen molar-refractivity contribution in [3.05, 3.63) is 58.9 Å². The maximum atomic E-state index is 13.6. The van der Waals surface area contributed by atoms with Crippen LogP contribution in [0.25, 0.3) is 0 Å². The smallest absolute Gasteiger partial charge is 0.165 e. The number of ether oxygens (including phenoxy) is 2. The van der Waals surface area contributed by atoms with E-state index in [-0.39, 0.29) is 17.6 Å². The maximum Gasteiger partial charge on any atom is 0.165 e. The molecule has 2 aromatic carbocycles. The molecule has 0 saturated carbocycles.